The highest BCUT2D eigenvalue weighted by atomic mass is 35.5. The predicted molar refractivity (Wildman–Crippen MR) is 119 cm³/mol. The van der Waals surface area contributed by atoms with Gasteiger partial charge in [0.05, 0.1) is 0 Å². The quantitative estimate of drug-likeness (QED) is 0.298. The number of rotatable bonds is 6. The summed E-state index contributed by atoms with van der Waals surface area (Å²) in [7, 11) is 0. The zero-order valence-electron chi connectivity index (χ0n) is 16.6. The monoisotopic (exact) mass is 433 g/mol. The molecule has 0 radical (unpaired) electrons. The molecule has 1 N–H and O–H groups in total. The molecule has 0 aliphatic carbocycles. The van der Waals surface area contributed by atoms with Gasteiger partial charge >= 0.3 is 5.91 Å². The fraction of sp³-hybridized carbons (Fsp3) is 0.125. The number of carbonyl (C=O) groups is 1. The number of nitrogens with zero attached hydrogens (tertiary/aromatic N) is 3. The lowest BCUT2D eigenvalue weighted by Gasteiger charge is -2.04. The van der Waals surface area contributed by atoms with Crippen LogP contribution < -0.4 is 4.91 Å². The van der Waals surface area contributed by atoms with Gasteiger partial charge in [0.2, 0.25) is 10.0 Å². The van der Waals surface area contributed by atoms with Gasteiger partial charge in [0.15, 0.2) is 0 Å². The fourth-order valence-corrected chi connectivity index (χ4v) is 3.55. The molecule has 4 aromatic rings. The second-order valence-electron chi connectivity index (χ2n) is 7.08. The highest BCUT2D eigenvalue weighted by Gasteiger charge is 2.11. The predicted octanol–water partition coefficient (Wildman–Crippen LogP) is 5.91. The Morgan fingerprint density at radius 3 is 2.77 bits per heavy atom. The van der Waals surface area contributed by atoms with Crippen LogP contribution in [0.5, 0.6) is 0 Å². The molecule has 7 heteroatoms. The second-order valence-corrected chi connectivity index (χ2v) is 7.52. The molecule has 1 heterocycles. The van der Waals surface area contributed by atoms with Crippen LogP contribution in [0.1, 0.15) is 27.0 Å². The van der Waals surface area contributed by atoms with Crippen molar-refractivity contribution in [3.05, 3.63) is 106 Å². The third-order valence-electron chi connectivity index (χ3n) is 4.94. The Kier molecular flexibility index (Phi) is 6.32. The number of carbonyl (C=O) groups excluding carboxylic acids is 1. The van der Waals surface area contributed by atoms with E-state index in [0.29, 0.717) is 35.5 Å². The average Bonchev–Trinajstić information content (AvgIpc) is 3.17. The molecule has 1 amide bonds. The van der Waals surface area contributed by atoms with Crippen molar-refractivity contribution in [1.82, 2.24) is 9.90 Å². The van der Waals surface area contributed by atoms with E-state index in [9.17, 15) is 9.18 Å². The molecule has 0 aliphatic heterocycles. The molecule has 0 spiro atoms. The van der Waals surface area contributed by atoms with Gasteiger partial charge in [-0.2, -0.15) is 0 Å². The first-order valence-corrected chi connectivity index (χ1v) is 10.2. The van der Waals surface area contributed by atoms with Gasteiger partial charge in [-0.3, -0.25) is 4.79 Å². The summed E-state index contributed by atoms with van der Waals surface area (Å²) in [5.74, 6) is -0.756. The van der Waals surface area contributed by atoms with Gasteiger partial charge in [-0.1, -0.05) is 41.9 Å². The first kappa shape index (κ1) is 20.7. The molecule has 154 valence electrons. The van der Waals surface area contributed by atoms with Crippen LogP contribution in [0.15, 0.2) is 83.2 Å². The number of benzene rings is 3. The molecule has 31 heavy (non-hydrogen) atoms. The van der Waals surface area contributed by atoms with Crippen molar-refractivity contribution in [2.75, 3.05) is 6.54 Å². The second kappa shape index (κ2) is 9.47. The average molecular weight is 434 g/mol. The van der Waals surface area contributed by atoms with Crippen LogP contribution in [-0.2, 0) is 12.8 Å². The maximum atomic E-state index is 13.9. The number of fused-ring (bicyclic) bond motifs is 1. The zero-order chi connectivity index (χ0) is 21.6. The van der Waals surface area contributed by atoms with E-state index in [1.165, 1.54) is 6.07 Å². The Balaban J connectivity index is 1.39. The van der Waals surface area contributed by atoms with Gasteiger partial charge in [0.1, 0.15) is 17.5 Å². The number of hydrogen-bond acceptors (Lipinski definition) is 2. The Bertz CT molecular complexity index is 1310. The van der Waals surface area contributed by atoms with Crippen LogP contribution in [0, 0.1) is 5.82 Å². The van der Waals surface area contributed by atoms with Gasteiger partial charge in [0, 0.05) is 40.5 Å². The Morgan fingerprint density at radius 2 is 1.90 bits per heavy atom. The maximum absolute atomic E-state index is 13.9. The molecule has 0 saturated carbocycles. The number of H-pyrrole nitrogens is 1. The van der Waals surface area contributed by atoms with Crippen molar-refractivity contribution in [2.45, 2.75) is 12.8 Å². The van der Waals surface area contributed by atoms with Gasteiger partial charge in [-0.25, -0.2) is 4.39 Å². The van der Waals surface area contributed by atoms with Crippen molar-refractivity contribution in [3.63, 3.8) is 0 Å². The Morgan fingerprint density at radius 1 is 1.03 bits per heavy atom. The minimum Gasteiger partial charge on any atom is -0.361 e. The largest absolute Gasteiger partial charge is 0.361 e. The maximum Gasteiger partial charge on any atom is 0.360 e. The van der Waals surface area contributed by atoms with Crippen molar-refractivity contribution in [3.8, 4) is 0 Å². The Labute approximate surface area is 183 Å². The summed E-state index contributed by atoms with van der Waals surface area (Å²) in [6.45, 7) is 0.392. The van der Waals surface area contributed by atoms with Crippen LogP contribution in [0.4, 0.5) is 4.39 Å². The van der Waals surface area contributed by atoms with Gasteiger partial charge < -0.3 is 4.98 Å². The smallest absolute Gasteiger partial charge is 0.360 e. The van der Waals surface area contributed by atoms with E-state index in [-0.39, 0.29) is 5.82 Å². The number of hydrogen-bond donors (Lipinski definition) is 1. The van der Waals surface area contributed by atoms with E-state index in [1.54, 1.807) is 36.4 Å². The summed E-state index contributed by atoms with van der Waals surface area (Å²) in [4.78, 5) is 19.2. The van der Waals surface area contributed by atoms with Crippen LogP contribution in [0.3, 0.4) is 0 Å². The molecule has 5 nitrogen and oxygen atoms in total. The first-order chi connectivity index (χ1) is 15.1. The summed E-state index contributed by atoms with van der Waals surface area (Å²) in [6, 6.07) is 19.2. The van der Waals surface area contributed by atoms with Crippen molar-refractivity contribution in [2.24, 2.45) is 10.2 Å². The molecule has 0 bridgehead atoms. The number of amides is 1. The summed E-state index contributed by atoms with van der Waals surface area (Å²) >= 11 is 6.06. The van der Waals surface area contributed by atoms with E-state index < -0.39 is 5.91 Å². The number of nitrogens with one attached hydrogen (secondary N) is 1. The molecule has 3 aromatic carbocycles. The highest BCUT2D eigenvalue weighted by molar-refractivity contribution is 6.31. The number of aromatic nitrogens is 1. The summed E-state index contributed by atoms with van der Waals surface area (Å²) in [5, 5.41) is 9.37. The van der Waals surface area contributed by atoms with Crippen LogP contribution in [-0.4, -0.2) is 17.4 Å². The Hall–Kier alpha value is -3.60. The van der Waals surface area contributed by atoms with Gasteiger partial charge in [-0.05, 0) is 53.1 Å². The summed E-state index contributed by atoms with van der Waals surface area (Å²) < 4.78 is 13.9. The third kappa shape index (κ3) is 5.12. The normalized spacial score (nSPS) is 10.6. The highest BCUT2D eigenvalue weighted by Crippen LogP contribution is 2.22. The van der Waals surface area contributed by atoms with Crippen molar-refractivity contribution < 1.29 is 9.18 Å². The zero-order valence-corrected chi connectivity index (χ0v) is 17.3. The molecule has 0 aliphatic rings. The van der Waals surface area contributed by atoms with E-state index in [0.717, 1.165) is 22.0 Å². The molecule has 0 saturated heterocycles. The minimum absolute atomic E-state index is 0.268. The molecule has 0 unspecified atom stereocenters. The van der Waals surface area contributed by atoms with Crippen LogP contribution in [0.25, 0.3) is 10.9 Å². The van der Waals surface area contributed by atoms with Crippen LogP contribution >= 0.6 is 11.6 Å². The van der Waals surface area contributed by atoms with Gasteiger partial charge in [0.25, 0.3) is 0 Å². The standard InChI is InChI=1S/C24H18ClFN4O/c25-20-8-9-23-21(14-20)19(15-27-23)10-11-28-30-29-24(31)18-6-3-4-16(13-18)12-17-5-1-2-7-22(17)26/h1-9,13-15H,10-12H2/p+1. The lowest BCUT2D eigenvalue weighted by Crippen LogP contribution is -1.98. The molecular formula is C24H19ClFN4O+. The van der Waals surface area contributed by atoms with Gasteiger partial charge in [-0.15, -0.1) is 0 Å². The molecule has 0 fully saturated rings. The van der Waals surface area contributed by atoms with E-state index in [2.05, 4.69) is 20.1 Å². The molecule has 4 rings (SSSR count). The van der Waals surface area contributed by atoms with E-state index >= 15 is 0 Å². The van der Waals surface area contributed by atoms with Crippen molar-refractivity contribution >= 4 is 28.4 Å². The molecule has 1 aromatic heterocycles. The number of halogens is 2. The van der Waals surface area contributed by atoms with E-state index in [1.807, 2.05) is 30.5 Å². The first-order valence-electron chi connectivity index (χ1n) is 9.80. The molecular weight excluding hydrogens is 415 g/mol. The SMILES string of the molecule is O=C(N=[N+]=NCCc1c[nH]c2ccc(Cl)cc12)c1cccc(Cc2ccccc2F)c1. The lowest BCUT2D eigenvalue weighted by molar-refractivity contribution is 0.0992. The van der Waals surface area contributed by atoms with Crippen LogP contribution in [0.2, 0.25) is 5.02 Å². The third-order valence-corrected chi connectivity index (χ3v) is 5.17. The topological polar surface area (TPSA) is 71.7 Å². The fourth-order valence-electron chi connectivity index (χ4n) is 3.38. The minimum atomic E-state index is -0.488. The number of aromatic amines is 1. The van der Waals surface area contributed by atoms with Crippen molar-refractivity contribution in [1.29, 1.82) is 0 Å². The molecule has 0 atom stereocenters. The summed E-state index contributed by atoms with van der Waals surface area (Å²) in [5.41, 5.74) is 3.86. The summed E-state index contributed by atoms with van der Waals surface area (Å²) in [6.07, 6.45) is 2.95. The van der Waals surface area contributed by atoms with E-state index in [4.69, 9.17) is 11.6 Å². The lowest BCUT2D eigenvalue weighted by atomic mass is 10.0.